The number of hydrogen-bond acceptors (Lipinski definition) is 7. The van der Waals surface area contributed by atoms with Gasteiger partial charge in [-0.15, -0.1) is 11.3 Å². The molecule has 31 heavy (non-hydrogen) atoms. The number of pyridine rings is 1. The third kappa shape index (κ3) is 3.74. The molecule has 1 N–H and O–H groups in total. The highest BCUT2D eigenvalue weighted by Crippen LogP contribution is 2.38. The molecule has 0 radical (unpaired) electrons. The second-order valence-corrected chi connectivity index (χ2v) is 8.10. The topological polar surface area (TPSA) is 102 Å². The fraction of sp³-hybridized carbons (Fsp3) is 0.333. The second-order valence-electron chi connectivity index (χ2n) is 7.00. The molecule has 0 aliphatic carbocycles. The van der Waals surface area contributed by atoms with E-state index in [9.17, 15) is 14.4 Å². The van der Waals surface area contributed by atoms with Gasteiger partial charge < -0.3 is 19.7 Å². The van der Waals surface area contributed by atoms with Crippen molar-refractivity contribution in [1.29, 1.82) is 0 Å². The molecular weight excluding hydrogens is 420 g/mol. The second kappa shape index (κ2) is 8.38. The Kier molecular flexibility index (Phi) is 5.64. The Morgan fingerprint density at radius 1 is 1.29 bits per heavy atom. The van der Waals surface area contributed by atoms with Gasteiger partial charge in [-0.3, -0.25) is 9.20 Å². The number of anilines is 1. The van der Waals surface area contributed by atoms with Crippen LogP contribution in [0.2, 0.25) is 0 Å². The fourth-order valence-corrected chi connectivity index (χ4v) is 4.98. The lowest BCUT2D eigenvalue weighted by molar-refractivity contribution is 0.0600. The lowest BCUT2D eigenvalue weighted by Crippen LogP contribution is -2.36. The van der Waals surface area contributed by atoms with Gasteiger partial charge in [0, 0.05) is 17.6 Å². The summed E-state index contributed by atoms with van der Waals surface area (Å²) in [6, 6.07) is 5.48. The highest BCUT2D eigenvalue weighted by Gasteiger charge is 2.32. The zero-order valence-electron chi connectivity index (χ0n) is 17.4. The number of aryl methyl sites for hydroxylation is 1. The number of nitrogens with zero attached hydrogens (tertiary/aromatic N) is 3. The largest absolute Gasteiger partial charge is 0.465 e. The van der Waals surface area contributed by atoms with Gasteiger partial charge >= 0.3 is 12.1 Å². The molecule has 4 rings (SSSR count). The molecule has 10 heteroatoms. The predicted molar refractivity (Wildman–Crippen MR) is 115 cm³/mol. The van der Waals surface area contributed by atoms with Crippen LogP contribution in [-0.4, -0.2) is 52.5 Å². The van der Waals surface area contributed by atoms with Gasteiger partial charge in [-0.25, -0.2) is 14.6 Å². The molecule has 162 valence electrons. The van der Waals surface area contributed by atoms with E-state index in [2.05, 4.69) is 10.3 Å². The molecule has 0 bridgehead atoms. The monoisotopic (exact) mass is 442 g/mol. The lowest BCUT2D eigenvalue weighted by atomic mass is 10.0. The summed E-state index contributed by atoms with van der Waals surface area (Å²) in [5.74, 6) is -0.894. The third-order valence-corrected chi connectivity index (χ3v) is 6.25. The number of aromatic nitrogens is 2. The van der Waals surface area contributed by atoms with Crippen LogP contribution in [0, 0.1) is 6.92 Å². The Morgan fingerprint density at radius 3 is 2.84 bits per heavy atom. The van der Waals surface area contributed by atoms with E-state index in [1.165, 1.54) is 18.4 Å². The first-order valence-corrected chi connectivity index (χ1v) is 10.7. The Labute approximate surface area is 182 Å². The number of ether oxygens (including phenoxy) is 2. The maximum absolute atomic E-state index is 13.1. The molecule has 0 saturated heterocycles. The van der Waals surface area contributed by atoms with Gasteiger partial charge in [-0.1, -0.05) is 6.07 Å². The van der Waals surface area contributed by atoms with E-state index < -0.39 is 12.1 Å². The first kappa shape index (κ1) is 20.9. The van der Waals surface area contributed by atoms with E-state index in [4.69, 9.17) is 9.47 Å². The van der Waals surface area contributed by atoms with Gasteiger partial charge in [0.1, 0.15) is 16.3 Å². The van der Waals surface area contributed by atoms with Crippen LogP contribution in [-0.2, 0) is 22.4 Å². The van der Waals surface area contributed by atoms with Crippen LogP contribution in [0.5, 0.6) is 0 Å². The van der Waals surface area contributed by atoms with Crippen LogP contribution in [0.25, 0.3) is 5.65 Å². The molecule has 0 unspecified atom stereocenters. The summed E-state index contributed by atoms with van der Waals surface area (Å²) in [5, 5.41) is 3.27. The number of amides is 2. The standard InChI is InChI=1S/C21H22N4O5S/c1-4-30-21(28)24-10-8-13-14(11-24)31-19(16(13)20(27)29-3)23-18(26)17-12(2)22-15-7-5-6-9-25(15)17/h5-7,9H,4,8,10-11H2,1-3H3,(H,23,26). The fourth-order valence-electron chi connectivity index (χ4n) is 3.73. The maximum atomic E-state index is 13.1. The van der Waals surface area contributed by atoms with Gasteiger partial charge in [0.2, 0.25) is 0 Å². The Morgan fingerprint density at radius 2 is 2.10 bits per heavy atom. The van der Waals surface area contributed by atoms with Crippen LogP contribution < -0.4 is 5.32 Å². The molecule has 3 aromatic heterocycles. The van der Waals surface area contributed by atoms with Gasteiger partial charge in [0.15, 0.2) is 0 Å². The van der Waals surface area contributed by atoms with Crippen molar-refractivity contribution in [2.24, 2.45) is 0 Å². The number of hydrogen-bond donors (Lipinski definition) is 1. The predicted octanol–water partition coefficient (Wildman–Crippen LogP) is 3.26. The molecule has 2 amide bonds. The van der Waals surface area contributed by atoms with Crippen LogP contribution in [0.15, 0.2) is 24.4 Å². The number of esters is 1. The van der Waals surface area contributed by atoms with Crippen molar-refractivity contribution in [3.8, 4) is 0 Å². The Hall–Kier alpha value is -3.40. The molecule has 4 heterocycles. The molecule has 0 atom stereocenters. The first-order chi connectivity index (χ1) is 14.9. The highest BCUT2D eigenvalue weighted by atomic mass is 32.1. The quantitative estimate of drug-likeness (QED) is 0.623. The number of imidazole rings is 1. The van der Waals surface area contributed by atoms with E-state index in [1.54, 1.807) is 29.3 Å². The first-order valence-electron chi connectivity index (χ1n) is 9.84. The third-order valence-electron chi connectivity index (χ3n) is 5.12. The van der Waals surface area contributed by atoms with E-state index in [1.807, 2.05) is 18.2 Å². The van der Waals surface area contributed by atoms with Gasteiger partial charge in [-0.05, 0) is 38.0 Å². The minimum absolute atomic E-state index is 0.292. The molecular formula is C21H22N4O5S. The van der Waals surface area contributed by atoms with Crippen molar-refractivity contribution in [1.82, 2.24) is 14.3 Å². The molecule has 9 nitrogen and oxygen atoms in total. The Balaban J connectivity index is 1.68. The SMILES string of the molecule is CCOC(=O)N1CCc2c(sc(NC(=O)c3c(C)nc4ccccn34)c2C(=O)OC)C1. The number of carbonyl (C=O) groups excluding carboxylic acids is 3. The number of rotatable bonds is 4. The van der Waals surface area contributed by atoms with Gasteiger partial charge in [0.05, 0.1) is 31.5 Å². The summed E-state index contributed by atoms with van der Waals surface area (Å²) in [7, 11) is 1.31. The molecule has 0 spiro atoms. The summed E-state index contributed by atoms with van der Waals surface area (Å²) in [4.78, 5) is 44.6. The average Bonchev–Trinajstić information content (AvgIpc) is 3.28. The van der Waals surface area contributed by atoms with E-state index in [0.29, 0.717) is 53.7 Å². The summed E-state index contributed by atoms with van der Waals surface area (Å²) in [5.41, 5.74) is 2.77. The minimum Gasteiger partial charge on any atom is -0.465 e. The summed E-state index contributed by atoms with van der Waals surface area (Å²) in [6.45, 7) is 4.54. The van der Waals surface area contributed by atoms with Gasteiger partial charge in [-0.2, -0.15) is 0 Å². The minimum atomic E-state index is -0.521. The van der Waals surface area contributed by atoms with Crippen LogP contribution in [0.3, 0.4) is 0 Å². The van der Waals surface area contributed by atoms with Crippen molar-refractivity contribution in [3.05, 3.63) is 51.8 Å². The van der Waals surface area contributed by atoms with Crippen molar-refractivity contribution < 1.29 is 23.9 Å². The summed E-state index contributed by atoms with van der Waals surface area (Å²) in [6.07, 6.45) is 1.84. The number of fused-ring (bicyclic) bond motifs is 2. The number of thiophene rings is 1. The van der Waals surface area contributed by atoms with Crippen molar-refractivity contribution in [2.45, 2.75) is 26.8 Å². The van der Waals surface area contributed by atoms with E-state index >= 15 is 0 Å². The van der Waals surface area contributed by atoms with Crippen molar-refractivity contribution in [3.63, 3.8) is 0 Å². The van der Waals surface area contributed by atoms with Crippen LogP contribution >= 0.6 is 11.3 Å². The lowest BCUT2D eigenvalue weighted by Gasteiger charge is -2.26. The van der Waals surface area contributed by atoms with Crippen molar-refractivity contribution >= 4 is 40.0 Å². The molecule has 1 aliphatic heterocycles. The van der Waals surface area contributed by atoms with Crippen molar-refractivity contribution in [2.75, 3.05) is 25.6 Å². The molecule has 0 fully saturated rings. The maximum Gasteiger partial charge on any atom is 0.410 e. The van der Waals surface area contributed by atoms with Crippen LogP contribution in [0.1, 0.15) is 43.9 Å². The molecule has 3 aromatic rings. The highest BCUT2D eigenvalue weighted by molar-refractivity contribution is 7.17. The zero-order valence-corrected chi connectivity index (χ0v) is 18.2. The molecule has 1 aliphatic rings. The van der Waals surface area contributed by atoms with E-state index in [0.717, 1.165) is 10.4 Å². The molecule has 0 saturated carbocycles. The normalized spacial score (nSPS) is 13.1. The molecule has 0 aromatic carbocycles. The summed E-state index contributed by atoms with van der Waals surface area (Å²) < 4.78 is 11.8. The average molecular weight is 442 g/mol. The summed E-state index contributed by atoms with van der Waals surface area (Å²) >= 11 is 1.27. The Bertz CT molecular complexity index is 1180. The van der Waals surface area contributed by atoms with Crippen LogP contribution in [0.4, 0.5) is 9.80 Å². The van der Waals surface area contributed by atoms with Gasteiger partial charge in [0.25, 0.3) is 5.91 Å². The number of nitrogens with one attached hydrogen (secondary N) is 1. The smallest absolute Gasteiger partial charge is 0.410 e. The zero-order chi connectivity index (χ0) is 22.1. The van der Waals surface area contributed by atoms with E-state index in [-0.39, 0.29) is 5.91 Å². The number of methoxy groups -OCH3 is 1. The number of carbonyl (C=O) groups is 3.